The fraction of sp³-hybridized carbons (Fsp3) is 0.444. The van der Waals surface area contributed by atoms with Crippen molar-refractivity contribution >= 4 is 21.7 Å². The largest absolute Gasteiger partial charge is 0.462 e. The normalized spacial score (nSPS) is 16.7. The minimum absolute atomic E-state index is 0.161. The van der Waals surface area contributed by atoms with Gasteiger partial charge in [-0.1, -0.05) is 6.92 Å². The lowest BCUT2D eigenvalue weighted by Gasteiger charge is -2.29. The van der Waals surface area contributed by atoms with E-state index in [1.807, 2.05) is 0 Å². The van der Waals surface area contributed by atoms with Crippen LogP contribution in [0.5, 0.6) is 0 Å². The topological polar surface area (TPSA) is 99.5 Å². The number of rotatable bonds is 6. The summed E-state index contributed by atoms with van der Waals surface area (Å²) in [6.45, 7) is 5.04. The number of hydrogen-bond donors (Lipinski definition) is 1. The first-order valence-electron chi connectivity index (χ1n) is 8.52. The molecule has 8 heteroatoms. The molecule has 0 saturated carbocycles. The summed E-state index contributed by atoms with van der Waals surface area (Å²) in [6.07, 6.45) is 2.98. The fourth-order valence-electron chi connectivity index (χ4n) is 2.60. The van der Waals surface area contributed by atoms with Gasteiger partial charge in [-0.15, -0.1) is 0 Å². The van der Waals surface area contributed by atoms with E-state index >= 15 is 0 Å². The van der Waals surface area contributed by atoms with Crippen LogP contribution >= 0.6 is 0 Å². The Morgan fingerprint density at radius 2 is 1.96 bits per heavy atom. The summed E-state index contributed by atoms with van der Waals surface area (Å²) in [6, 6.07) is 7.97. The maximum absolute atomic E-state index is 12.7. The molecule has 1 aliphatic heterocycles. The molecule has 1 saturated heterocycles. The third kappa shape index (κ3) is 4.84. The second-order valence-electron chi connectivity index (χ2n) is 6.15. The highest BCUT2D eigenvalue weighted by molar-refractivity contribution is 7.89. The number of sulfonamides is 1. The van der Waals surface area contributed by atoms with E-state index < -0.39 is 16.0 Å². The Bertz CT molecular complexity index is 802. The SMILES string of the molecule is CCOC(=O)/C(C#N)=C/Nc1ccc(S(=O)(=O)N2CCC(C)CC2)cc1. The number of ether oxygens (including phenoxy) is 1. The van der Waals surface area contributed by atoms with Gasteiger partial charge in [0.05, 0.1) is 11.5 Å². The molecule has 1 N–H and O–H groups in total. The molecule has 26 heavy (non-hydrogen) atoms. The van der Waals surface area contributed by atoms with Gasteiger partial charge in [0.1, 0.15) is 6.07 Å². The molecule has 1 heterocycles. The van der Waals surface area contributed by atoms with Crippen LogP contribution in [0.1, 0.15) is 26.7 Å². The summed E-state index contributed by atoms with van der Waals surface area (Å²) in [7, 11) is -3.50. The molecule has 0 spiro atoms. The molecule has 0 bridgehead atoms. The molecule has 140 valence electrons. The second kappa shape index (κ2) is 8.83. The number of esters is 1. The number of nitriles is 1. The zero-order chi connectivity index (χ0) is 19.2. The van der Waals surface area contributed by atoms with Gasteiger partial charge in [-0.2, -0.15) is 9.57 Å². The average Bonchev–Trinajstić information content (AvgIpc) is 2.63. The Hall–Kier alpha value is -2.37. The minimum Gasteiger partial charge on any atom is -0.462 e. The van der Waals surface area contributed by atoms with E-state index in [0.717, 1.165) is 12.8 Å². The van der Waals surface area contributed by atoms with Crippen LogP contribution in [-0.2, 0) is 19.6 Å². The molecular weight excluding hydrogens is 354 g/mol. The van der Waals surface area contributed by atoms with Gasteiger partial charge in [0.15, 0.2) is 5.57 Å². The van der Waals surface area contributed by atoms with Crippen molar-refractivity contribution in [2.24, 2.45) is 5.92 Å². The molecule has 0 atom stereocenters. The van der Waals surface area contributed by atoms with Crippen LogP contribution < -0.4 is 5.32 Å². The first-order chi connectivity index (χ1) is 12.4. The monoisotopic (exact) mass is 377 g/mol. The summed E-state index contributed by atoms with van der Waals surface area (Å²) >= 11 is 0. The van der Waals surface area contributed by atoms with Gasteiger partial charge >= 0.3 is 5.97 Å². The van der Waals surface area contributed by atoms with Crippen molar-refractivity contribution in [3.63, 3.8) is 0 Å². The van der Waals surface area contributed by atoms with E-state index in [4.69, 9.17) is 10.00 Å². The average molecular weight is 377 g/mol. The predicted molar refractivity (Wildman–Crippen MR) is 97.6 cm³/mol. The van der Waals surface area contributed by atoms with Crippen LogP contribution in [0.15, 0.2) is 40.9 Å². The lowest BCUT2D eigenvalue weighted by Crippen LogP contribution is -2.37. The maximum atomic E-state index is 12.7. The van der Waals surface area contributed by atoms with Gasteiger partial charge in [-0.05, 0) is 49.9 Å². The molecule has 0 unspecified atom stereocenters. The van der Waals surface area contributed by atoms with Gasteiger partial charge in [0.2, 0.25) is 10.0 Å². The van der Waals surface area contributed by atoms with Crippen molar-refractivity contribution in [3.8, 4) is 6.07 Å². The smallest absolute Gasteiger partial charge is 0.350 e. The summed E-state index contributed by atoms with van der Waals surface area (Å²) in [5.74, 6) is -0.158. The van der Waals surface area contributed by atoms with E-state index in [9.17, 15) is 13.2 Å². The number of piperidine rings is 1. The van der Waals surface area contributed by atoms with E-state index in [2.05, 4.69) is 12.2 Å². The van der Waals surface area contributed by atoms with Gasteiger partial charge in [-0.3, -0.25) is 0 Å². The highest BCUT2D eigenvalue weighted by Gasteiger charge is 2.27. The standard InChI is InChI=1S/C18H23N3O4S/c1-3-25-18(22)15(12-19)13-20-16-4-6-17(7-5-16)26(23,24)21-10-8-14(2)9-11-21/h4-7,13-14,20H,3,8-11H2,1-2H3/b15-13+. The third-order valence-corrected chi connectivity index (χ3v) is 6.15. The summed E-state index contributed by atoms with van der Waals surface area (Å²) in [5.41, 5.74) is 0.402. The first-order valence-corrected chi connectivity index (χ1v) is 9.96. The van der Waals surface area contributed by atoms with Crippen molar-refractivity contribution in [2.45, 2.75) is 31.6 Å². The van der Waals surface area contributed by atoms with E-state index in [1.54, 1.807) is 25.1 Å². The van der Waals surface area contributed by atoms with E-state index in [0.29, 0.717) is 24.7 Å². The molecule has 1 fully saturated rings. The Kier molecular flexibility index (Phi) is 6.77. The molecule has 7 nitrogen and oxygen atoms in total. The zero-order valence-corrected chi connectivity index (χ0v) is 15.8. The molecule has 2 rings (SSSR count). The number of carbonyl (C=O) groups is 1. The number of hydrogen-bond acceptors (Lipinski definition) is 6. The number of carbonyl (C=O) groups excluding carboxylic acids is 1. The summed E-state index contributed by atoms with van der Waals surface area (Å²) in [4.78, 5) is 11.8. The molecular formula is C18H23N3O4S. The van der Waals surface area contributed by atoms with Crippen LogP contribution in [-0.4, -0.2) is 38.4 Å². The maximum Gasteiger partial charge on any atom is 0.350 e. The lowest BCUT2D eigenvalue weighted by molar-refractivity contribution is -0.138. The number of nitrogens with one attached hydrogen (secondary N) is 1. The summed E-state index contributed by atoms with van der Waals surface area (Å²) in [5, 5.41) is 11.8. The highest BCUT2D eigenvalue weighted by atomic mass is 32.2. The first kappa shape index (κ1) is 19.9. The lowest BCUT2D eigenvalue weighted by atomic mass is 10.0. The molecule has 1 aliphatic rings. The molecule has 0 radical (unpaired) electrons. The second-order valence-corrected chi connectivity index (χ2v) is 8.08. The predicted octanol–water partition coefficient (Wildman–Crippen LogP) is 2.49. The van der Waals surface area contributed by atoms with Gasteiger partial charge < -0.3 is 10.1 Å². The molecule has 0 amide bonds. The number of benzene rings is 1. The van der Waals surface area contributed by atoms with Gasteiger partial charge in [-0.25, -0.2) is 13.2 Å². The fourth-order valence-corrected chi connectivity index (χ4v) is 4.07. The Labute approximate surface area is 154 Å². The van der Waals surface area contributed by atoms with Crippen molar-refractivity contribution in [1.29, 1.82) is 5.26 Å². The molecule has 1 aromatic carbocycles. The zero-order valence-electron chi connectivity index (χ0n) is 14.9. The van der Waals surface area contributed by atoms with Crippen LogP contribution in [0, 0.1) is 17.2 Å². The van der Waals surface area contributed by atoms with Crippen LogP contribution in [0.25, 0.3) is 0 Å². The Balaban J connectivity index is 2.08. The number of anilines is 1. The van der Waals surface area contributed by atoms with Crippen LogP contribution in [0.3, 0.4) is 0 Å². The molecule has 0 aliphatic carbocycles. The van der Waals surface area contributed by atoms with Gasteiger partial charge in [0, 0.05) is 25.0 Å². The summed E-state index contributed by atoms with van der Waals surface area (Å²) < 4.78 is 31.6. The van der Waals surface area contributed by atoms with Crippen molar-refractivity contribution in [1.82, 2.24) is 4.31 Å². The number of nitrogens with zero attached hydrogens (tertiary/aromatic N) is 2. The van der Waals surface area contributed by atoms with Gasteiger partial charge in [0.25, 0.3) is 0 Å². The van der Waals surface area contributed by atoms with E-state index in [-0.39, 0.29) is 17.1 Å². The van der Waals surface area contributed by atoms with E-state index in [1.165, 1.54) is 22.6 Å². The van der Waals surface area contributed by atoms with Crippen molar-refractivity contribution < 1.29 is 17.9 Å². The van der Waals surface area contributed by atoms with Crippen molar-refractivity contribution in [2.75, 3.05) is 25.0 Å². The van der Waals surface area contributed by atoms with Crippen molar-refractivity contribution in [3.05, 3.63) is 36.0 Å². The molecule has 1 aromatic rings. The van der Waals surface area contributed by atoms with Crippen LogP contribution in [0.2, 0.25) is 0 Å². The Morgan fingerprint density at radius 3 is 2.50 bits per heavy atom. The van der Waals surface area contributed by atoms with Crippen LogP contribution in [0.4, 0.5) is 5.69 Å². The quantitative estimate of drug-likeness (QED) is 0.464. The minimum atomic E-state index is -3.50. The Morgan fingerprint density at radius 1 is 1.35 bits per heavy atom. The third-order valence-electron chi connectivity index (χ3n) is 4.23. The molecule has 0 aromatic heterocycles. The highest BCUT2D eigenvalue weighted by Crippen LogP contribution is 2.24.